The summed E-state index contributed by atoms with van der Waals surface area (Å²) in [6.07, 6.45) is 1.29. The smallest absolute Gasteiger partial charge is 0.224 e. The molecule has 4 heteroatoms. The van der Waals surface area contributed by atoms with Gasteiger partial charge < -0.3 is 5.32 Å². The minimum Gasteiger partial charge on any atom is -0.356 e. The first-order valence-corrected chi connectivity index (χ1v) is 7.52. The first-order chi connectivity index (χ1) is 9.70. The molecule has 1 N–H and O–H groups in total. The van der Waals surface area contributed by atoms with Crippen molar-refractivity contribution in [2.24, 2.45) is 0 Å². The molecule has 0 saturated carbocycles. The summed E-state index contributed by atoms with van der Waals surface area (Å²) in [5, 5.41) is 4.72. The van der Waals surface area contributed by atoms with Crippen LogP contribution in [0.25, 0.3) is 0 Å². The highest BCUT2D eigenvalue weighted by Gasteiger charge is 2.10. The zero-order chi connectivity index (χ0) is 14.4. The monoisotopic (exact) mass is 287 g/mol. The Balaban J connectivity index is 1.99. The lowest BCUT2D eigenvalue weighted by Gasteiger charge is -2.04. The van der Waals surface area contributed by atoms with E-state index in [4.69, 9.17) is 0 Å². The molecular formula is C16H17NO2S. The molecule has 2 aromatic rings. The Morgan fingerprint density at radius 3 is 2.50 bits per heavy atom. The highest BCUT2D eigenvalue weighted by atomic mass is 32.1. The fourth-order valence-electron chi connectivity index (χ4n) is 1.84. The Morgan fingerprint density at radius 1 is 1.15 bits per heavy atom. The van der Waals surface area contributed by atoms with Crippen molar-refractivity contribution in [3.8, 4) is 0 Å². The van der Waals surface area contributed by atoms with Crippen molar-refractivity contribution in [3.63, 3.8) is 0 Å². The molecule has 0 aliphatic heterocycles. The maximum absolute atomic E-state index is 12.1. The number of benzene rings is 1. The molecule has 3 nitrogen and oxygen atoms in total. The van der Waals surface area contributed by atoms with Crippen molar-refractivity contribution in [2.75, 3.05) is 6.54 Å². The van der Waals surface area contributed by atoms with Crippen LogP contribution in [0.5, 0.6) is 0 Å². The second-order valence-corrected chi connectivity index (χ2v) is 5.48. The van der Waals surface area contributed by atoms with E-state index in [1.165, 1.54) is 11.3 Å². The minimum absolute atomic E-state index is 0.0178. The second kappa shape index (κ2) is 7.01. The molecule has 0 fully saturated rings. The molecule has 1 heterocycles. The van der Waals surface area contributed by atoms with Gasteiger partial charge in [0.25, 0.3) is 0 Å². The molecule has 0 radical (unpaired) electrons. The van der Waals surface area contributed by atoms with Gasteiger partial charge >= 0.3 is 0 Å². The lowest BCUT2D eigenvalue weighted by atomic mass is 10.1. The van der Waals surface area contributed by atoms with E-state index in [9.17, 15) is 9.59 Å². The van der Waals surface area contributed by atoms with Crippen molar-refractivity contribution in [2.45, 2.75) is 19.8 Å². The van der Waals surface area contributed by atoms with Gasteiger partial charge in [-0.3, -0.25) is 9.59 Å². The number of thiophene rings is 1. The third-order valence-corrected chi connectivity index (χ3v) is 3.77. The quantitative estimate of drug-likeness (QED) is 0.830. The van der Waals surface area contributed by atoms with Gasteiger partial charge in [0, 0.05) is 12.1 Å². The summed E-state index contributed by atoms with van der Waals surface area (Å²) in [5.41, 5.74) is 1.58. The van der Waals surface area contributed by atoms with Gasteiger partial charge in [0.05, 0.1) is 11.3 Å². The van der Waals surface area contributed by atoms with E-state index in [0.29, 0.717) is 18.5 Å². The predicted octanol–water partition coefficient (Wildman–Crippen LogP) is 3.05. The summed E-state index contributed by atoms with van der Waals surface area (Å²) < 4.78 is 0. The Morgan fingerprint density at radius 2 is 1.90 bits per heavy atom. The van der Waals surface area contributed by atoms with E-state index in [2.05, 4.69) is 5.32 Å². The molecule has 0 spiro atoms. The molecule has 104 valence electrons. The maximum Gasteiger partial charge on any atom is 0.224 e. The summed E-state index contributed by atoms with van der Waals surface area (Å²) in [4.78, 5) is 24.4. The van der Waals surface area contributed by atoms with E-state index >= 15 is 0 Å². The first-order valence-electron chi connectivity index (χ1n) is 6.64. The molecule has 1 amide bonds. The first kappa shape index (κ1) is 14.5. The Hall–Kier alpha value is -1.94. The number of carbonyl (C=O) groups is 2. The SMILES string of the molecule is CCCNC(=O)Cc1ccc(C(=O)c2cccs2)cc1. The number of ketones is 1. The number of hydrogen-bond acceptors (Lipinski definition) is 3. The second-order valence-electron chi connectivity index (χ2n) is 4.53. The van der Waals surface area contributed by atoms with Crippen molar-refractivity contribution in [1.29, 1.82) is 0 Å². The van der Waals surface area contributed by atoms with E-state index in [-0.39, 0.29) is 11.7 Å². The molecule has 1 aromatic heterocycles. The van der Waals surface area contributed by atoms with Crippen LogP contribution >= 0.6 is 11.3 Å². The highest BCUT2D eigenvalue weighted by Crippen LogP contribution is 2.15. The molecular weight excluding hydrogens is 270 g/mol. The zero-order valence-electron chi connectivity index (χ0n) is 11.4. The van der Waals surface area contributed by atoms with Crippen LogP contribution in [-0.4, -0.2) is 18.2 Å². The van der Waals surface area contributed by atoms with Crippen molar-refractivity contribution >= 4 is 23.0 Å². The molecule has 1 aromatic carbocycles. The minimum atomic E-state index is 0.0178. The van der Waals surface area contributed by atoms with Gasteiger partial charge in [-0.05, 0) is 23.4 Å². The van der Waals surface area contributed by atoms with Gasteiger partial charge in [0.1, 0.15) is 0 Å². The number of nitrogens with one attached hydrogen (secondary N) is 1. The number of carbonyl (C=O) groups excluding carboxylic acids is 2. The average Bonchev–Trinajstić information content (AvgIpc) is 2.99. The summed E-state index contributed by atoms with van der Waals surface area (Å²) in [6.45, 7) is 2.72. The Labute approximate surface area is 122 Å². The third kappa shape index (κ3) is 3.78. The summed E-state index contributed by atoms with van der Waals surface area (Å²) in [6, 6.07) is 10.9. The lowest BCUT2D eigenvalue weighted by Crippen LogP contribution is -2.25. The summed E-state index contributed by atoms with van der Waals surface area (Å²) in [7, 11) is 0. The van der Waals surface area contributed by atoms with Crippen LogP contribution in [0.2, 0.25) is 0 Å². The van der Waals surface area contributed by atoms with Gasteiger partial charge in [-0.25, -0.2) is 0 Å². The fourth-order valence-corrected chi connectivity index (χ4v) is 2.52. The van der Waals surface area contributed by atoms with Crippen LogP contribution < -0.4 is 5.32 Å². The molecule has 20 heavy (non-hydrogen) atoms. The summed E-state index contributed by atoms with van der Waals surface area (Å²) in [5.74, 6) is 0.0474. The normalized spacial score (nSPS) is 10.2. The zero-order valence-corrected chi connectivity index (χ0v) is 12.2. The molecule has 0 atom stereocenters. The van der Waals surface area contributed by atoms with Crippen LogP contribution in [-0.2, 0) is 11.2 Å². The van der Waals surface area contributed by atoms with Gasteiger partial charge in [0.2, 0.25) is 11.7 Å². The van der Waals surface area contributed by atoms with E-state index in [1.54, 1.807) is 12.1 Å². The van der Waals surface area contributed by atoms with E-state index < -0.39 is 0 Å². The van der Waals surface area contributed by atoms with Crippen LogP contribution in [0.15, 0.2) is 41.8 Å². The van der Waals surface area contributed by atoms with Gasteiger partial charge in [-0.2, -0.15) is 0 Å². The average molecular weight is 287 g/mol. The Bertz CT molecular complexity index is 573. The van der Waals surface area contributed by atoms with E-state index in [1.807, 2.05) is 36.6 Å². The van der Waals surface area contributed by atoms with E-state index in [0.717, 1.165) is 16.9 Å². The Kier molecular flexibility index (Phi) is 5.07. The highest BCUT2D eigenvalue weighted by molar-refractivity contribution is 7.12. The van der Waals surface area contributed by atoms with Crippen LogP contribution in [0.3, 0.4) is 0 Å². The largest absolute Gasteiger partial charge is 0.356 e. The predicted molar refractivity (Wildman–Crippen MR) is 81.2 cm³/mol. The number of rotatable bonds is 6. The molecule has 2 rings (SSSR count). The van der Waals surface area contributed by atoms with Crippen molar-refractivity contribution < 1.29 is 9.59 Å². The van der Waals surface area contributed by atoms with Crippen molar-refractivity contribution in [3.05, 3.63) is 57.8 Å². The van der Waals surface area contributed by atoms with Crippen LogP contribution in [0.4, 0.5) is 0 Å². The number of amides is 1. The standard InChI is InChI=1S/C16H17NO2S/c1-2-9-17-15(18)11-12-5-7-13(8-6-12)16(19)14-4-3-10-20-14/h3-8,10H,2,9,11H2,1H3,(H,17,18). The molecule has 0 aliphatic carbocycles. The number of hydrogen-bond donors (Lipinski definition) is 1. The van der Waals surface area contributed by atoms with Gasteiger partial charge in [-0.15, -0.1) is 11.3 Å². The topological polar surface area (TPSA) is 46.2 Å². The third-order valence-electron chi connectivity index (χ3n) is 2.90. The lowest BCUT2D eigenvalue weighted by molar-refractivity contribution is -0.120. The summed E-state index contributed by atoms with van der Waals surface area (Å²) >= 11 is 1.44. The molecule has 0 aliphatic rings. The van der Waals surface area contributed by atoms with Gasteiger partial charge in [0.15, 0.2) is 0 Å². The van der Waals surface area contributed by atoms with Crippen LogP contribution in [0.1, 0.15) is 34.1 Å². The molecule has 0 bridgehead atoms. The fraction of sp³-hybridized carbons (Fsp3) is 0.250. The molecule has 0 unspecified atom stereocenters. The van der Waals surface area contributed by atoms with Crippen molar-refractivity contribution in [1.82, 2.24) is 5.32 Å². The van der Waals surface area contributed by atoms with Gasteiger partial charge in [-0.1, -0.05) is 37.3 Å². The maximum atomic E-state index is 12.1. The molecule has 0 saturated heterocycles. The van der Waals surface area contributed by atoms with Crippen LogP contribution in [0, 0.1) is 0 Å².